The molecule has 1 aromatic carbocycles. The minimum absolute atomic E-state index is 0.0153. The van der Waals surface area contributed by atoms with E-state index in [1.165, 1.54) is 22.5 Å². The van der Waals surface area contributed by atoms with Crippen molar-refractivity contribution in [3.05, 3.63) is 40.4 Å². The van der Waals surface area contributed by atoms with E-state index in [2.05, 4.69) is 33.8 Å². The monoisotopic (exact) mass is 495 g/mol. The van der Waals surface area contributed by atoms with Crippen molar-refractivity contribution in [3.63, 3.8) is 0 Å². The summed E-state index contributed by atoms with van der Waals surface area (Å²) in [5.74, 6) is 1.89. The van der Waals surface area contributed by atoms with E-state index in [1.807, 2.05) is 13.0 Å². The third-order valence-electron chi connectivity index (χ3n) is 8.50. The van der Waals surface area contributed by atoms with Gasteiger partial charge in [-0.1, -0.05) is 13.0 Å². The Labute approximate surface area is 209 Å². The van der Waals surface area contributed by atoms with Gasteiger partial charge < -0.3 is 16.2 Å². The number of aromatic hydroxyl groups is 1. The zero-order chi connectivity index (χ0) is 24.7. The van der Waals surface area contributed by atoms with Crippen LogP contribution in [0.5, 0.6) is 5.75 Å². The van der Waals surface area contributed by atoms with Gasteiger partial charge in [0.25, 0.3) is 0 Å². The van der Waals surface area contributed by atoms with Gasteiger partial charge in [-0.05, 0) is 92.4 Å². The number of hydrogen-bond acceptors (Lipinski definition) is 6. The number of rotatable bonds is 5. The number of thiazole rings is 1. The molecule has 0 saturated heterocycles. The van der Waals surface area contributed by atoms with Crippen molar-refractivity contribution in [2.75, 3.05) is 5.32 Å². The first-order chi connectivity index (χ1) is 16.7. The summed E-state index contributed by atoms with van der Waals surface area (Å²) in [6, 6.07) is 5.16. The maximum atomic E-state index is 12.7. The number of nitrogens with two attached hydrogens (primary N) is 1. The molecule has 5 unspecified atom stereocenters. The number of aromatic nitrogens is 1. The fourth-order valence-electron chi connectivity index (χ4n) is 7.12. The number of carbonyl (C=O) groups excluding carboxylic acids is 2. The second-order valence-corrected chi connectivity index (χ2v) is 11.8. The van der Waals surface area contributed by atoms with E-state index in [-0.39, 0.29) is 11.3 Å². The molecule has 0 aliphatic heterocycles. The molecular formula is C26H33N5O3S. The molecule has 1 heterocycles. The molecule has 2 aromatic rings. The summed E-state index contributed by atoms with van der Waals surface area (Å²) >= 11 is 1.48. The molecule has 35 heavy (non-hydrogen) atoms. The first kappa shape index (κ1) is 23.8. The average molecular weight is 496 g/mol. The van der Waals surface area contributed by atoms with E-state index in [0.29, 0.717) is 41.0 Å². The molecule has 2 fully saturated rings. The van der Waals surface area contributed by atoms with Gasteiger partial charge in [0, 0.05) is 28.6 Å². The highest BCUT2D eigenvalue weighted by molar-refractivity contribution is 7.15. The molecule has 5 rings (SSSR count). The highest BCUT2D eigenvalue weighted by atomic mass is 32.1. The number of fused-ring (bicyclic) bond motifs is 5. The molecule has 9 heteroatoms. The van der Waals surface area contributed by atoms with E-state index in [4.69, 9.17) is 5.73 Å². The number of aryl methyl sites for hydroxylation is 2. The number of carbonyl (C=O) groups is 2. The molecule has 0 radical (unpaired) electrons. The van der Waals surface area contributed by atoms with Crippen LogP contribution in [0.4, 0.5) is 9.93 Å². The number of anilines is 1. The van der Waals surface area contributed by atoms with Crippen LogP contribution >= 0.6 is 11.3 Å². The largest absolute Gasteiger partial charge is 0.508 e. The zero-order valence-corrected chi connectivity index (χ0v) is 21.0. The van der Waals surface area contributed by atoms with Crippen LogP contribution in [-0.4, -0.2) is 27.7 Å². The Hall–Kier alpha value is -2.94. The van der Waals surface area contributed by atoms with Gasteiger partial charge in [0.1, 0.15) is 5.75 Å². The molecule has 5 N–H and O–H groups in total. The Balaban J connectivity index is 1.39. The molecule has 3 aliphatic carbocycles. The van der Waals surface area contributed by atoms with Crippen LogP contribution in [0, 0.1) is 30.1 Å². The van der Waals surface area contributed by atoms with Gasteiger partial charge in [-0.2, -0.15) is 5.10 Å². The van der Waals surface area contributed by atoms with Crippen molar-refractivity contribution in [1.29, 1.82) is 0 Å². The highest BCUT2D eigenvalue weighted by Crippen LogP contribution is 2.62. The first-order valence-electron chi connectivity index (χ1n) is 12.4. The van der Waals surface area contributed by atoms with Crippen molar-refractivity contribution in [3.8, 4) is 5.75 Å². The molecule has 0 spiro atoms. The fourth-order valence-corrected chi connectivity index (χ4v) is 7.80. The predicted octanol–water partition coefficient (Wildman–Crippen LogP) is 4.68. The van der Waals surface area contributed by atoms with E-state index in [9.17, 15) is 14.7 Å². The van der Waals surface area contributed by atoms with E-state index < -0.39 is 6.03 Å². The number of hydrogen-bond donors (Lipinski definition) is 4. The first-order valence-corrected chi connectivity index (χ1v) is 13.2. The molecule has 8 nitrogen and oxygen atoms in total. The van der Waals surface area contributed by atoms with Gasteiger partial charge >= 0.3 is 6.03 Å². The van der Waals surface area contributed by atoms with Crippen LogP contribution in [0.15, 0.2) is 29.5 Å². The average Bonchev–Trinajstić information content (AvgIpc) is 3.35. The summed E-state index contributed by atoms with van der Waals surface area (Å²) in [5.41, 5.74) is 11.3. The summed E-state index contributed by atoms with van der Waals surface area (Å²) in [6.07, 6.45) is 7.73. The minimum atomic E-state index is -0.653. The third-order valence-corrected chi connectivity index (χ3v) is 9.32. The molecule has 3 aliphatic rings. The molecule has 3 amide bonds. The van der Waals surface area contributed by atoms with Crippen LogP contribution < -0.4 is 16.5 Å². The molecule has 2 saturated carbocycles. The Morgan fingerprint density at radius 3 is 2.91 bits per heavy atom. The Morgan fingerprint density at radius 1 is 1.34 bits per heavy atom. The van der Waals surface area contributed by atoms with Crippen molar-refractivity contribution >= 4 is 34.1 Å². The number of hydrazone groups is 1. The standard InChI is InChI=1S/C26H33N5O3S/c1-14-13-28-25(35-14)29-22(33)8-4-16-12-21(30-31-24(27)34)26(2)10-9-19-18-7-5-17(32)11-15(18)3-6-20(19)23(16)26/h5,7,11,13,16,19-20,23,32H,3-4,6,8-10,12H2,1-2H3,(H3,27,31,34)(H,28,29,33)/b30-21+. The van der Waals surface area contributed by atoms with Crippen LogP contribution in [0.1, 0.15) is 67.4 Å². The summed E-state index contributed by atoms with van der Waals surface area (Å²) in [6.45, 7) is 4.25. The Bertz CT molecular complexity index is 1180. The number of benzene rings is 1. The number of amides is 3. The summed E-state index contributed by atoms with van der Waals surface area (Å²) < 4.78 is 0. The number of phenols is 1. The SMILES string of the molecule is Cc1cnc(NC(=O)CCC2C/C(=N\NC(N)=O)C3(C)CCC4c5ccc(O)cc5CCC4C23)s1. The number of nitrogens with one attached hydrogen (secondary N) is 2. The molecule has 0 bridgehead atoms. The van der Waals surface area contributed by atoms with Crippen molar-refractivity contribution in [2.45, 2.75) is 64.7 Å². The van der Waals surface area contributed by atoms with Gasteiger partial charge in [0.15, 0.2) is 5.13 Å². The summed E-state index contributed by atoms with van der Waals surface area (Å²) in [4.78, 5) is 29.4. The lowest BCUT2D eigenvalue weighted by molar-refractivity contribution is -0.116. The smallest absolute Gasteiger partial charge is 0.332 e. The van der Waals surface area contributed by atoms with Crippen LogP contribution in [-0.2, 0) is 11.2 Å². The van der Waals surface area contributed by atoms with Crippen molar-refractivity contribution in [1.82, 2.24) is 10.4 Å². The molecule has 1 aromatic heterocycles. The lowest BCUT2D eigenvalue weighted by Crippen LogP contribution is -2.44. The molecular weight excluding hydrogens is 462 g/mol. The minimum Gasteiger partial charge on any atom is -0.508 e. The highest BCUT2D eigenvalue weighted by Gasteiger charge is 2.57. The fraction of sp³-hybridized carbons (Fsp3) is 0.538. The number of nitrogens with zero attached hydrogens (tertiary/aromatic N) is 2. The van der Waals surface area contributed by atoms with Gasteiger partial charge in [-0.3, -0.25) is 4.79 Å². The Morgan fingerprint density at radius 2 is 2.17 bits per heavy atom. The van der Waals surface area contributed by atoms with Gasteiger partial charge in [0.2, 0.25) is 5.91 Å². The van der Waals surface area contributed by atoms with Crippen LogP contribution in [0.3, 0.4) is 0 Å². The summed E-state index contributed by atoms with van der Waals surface area (Å²) in [5, 5.41) is 18.0. The van der Waals surface area contributed by atoms with Crippen molar-refractivity contribution < 1.29 is 14.7 Å². The maximum Gasteiger partial charge on any atom is 0.332 e. The van der Waals surface area contributed by atoms with Crippen LogP contribution in [0.25, 0.3) is 0 Å². The molecule has 5 atom stereocenters. The van der Waals surface area contributed by atoms with Gasteiger partial charge in [-0.25, -0.2) is 15.2 Å². The number of phenolic OH excluding ortho intramolecular Hbond substituents is 1. The second-order valence-electron chi connectivity index (χ2n) is 10.5. The second kappa shape index (κ2) is 9.26. The number of urea groups is 1. The normalized spacial score (nSPS) is 30.3. The third kappa shape index (κ3) is 4.53. The van der Waals surface area contributed by atoms with Crippen LogP contribution in [0.2, 0.25) is 0 Å². The van der Waals surface area contributed by atoms with Crippen molar-refractivity contribution in [2.24, 2.45) is 34.0 Å². The lowest BCUT2D eigenvalue weighted by atomic mass is 9.54. The van der Waals surface area contributed by atoms with Gasteiger partial charge in [0.05, 0.1) is 0 Å². The maximum absolute atomic E-state index is 12.7. The van der Waals surface area contributed by atoms with E-state index in [0.717, 1.165) is 49.1 Å². The van der Waals surface area contributed by atoms with Gasteiger partial charge in [-0.15, -0.1) is 11.3 Å². The topological polar surface area (TPSA) is 130 Å². The van der Waals surface area contributed by atoms with E-state index in [1.54, 1.807) is 12.3 Å². The summed E-state index contributed by atoms with van der Waals surface area (Å²) in [7, 11) is 0. The number of primary amides is 1. The molecule has 186 valence electrons. The quantitative estimate of drug-likeness (QED) is 0.449. The van der Waals surface area contributed by atoms with E-state index >= 15 is 0 Å². The lowest BCUT2D eigenvalue weighted by Gasteiger charge is -2.50. The Kier molecular flexibility index (Phi) is 6.29. The zero-order valence-electron chi connectivity index (χ0n) is 20.2. The predicted molar refractivity (Wildman–Crippen MR) is 136 cm³/mol.